The molecule has 0 aliphatic heterocycles. The first-order chi connectivity index (χ1) is 6.74. The van der Waals surface area contributed by atoms with Crippen molar-refractivity contribution in [2.45, 2.75) is 0 Å². The number of nitrogens with zero attached hydrogens (tertiary/aromatic N) is 3. The molecule has 2 N–H and O–H groups in total. The minimum absolute atomic E-state index is 0.329. The summed E-state index contributed by atoms with van der Waals surface area (Å²) >= 11 is 0. The number of anilines is 1. The zero-order chi connectivity index (χ0) is 10.1. The second-order valence-electron chi connectivity index (χ2n) is 2.65. The summed E-state index contributed by atoms with van der Waals surface area (Å²) in [5.74, 6) is -0.127. The maximum Gasteiger partial charge on any atom is 0.356 e. The van der Waals surface area contributed by atoms with Gasteiger partial charge in [-0.05, 0) is 12.1 Å². The Morgan fingerprint density at radius 2 is 2.36 bits per heavy atom. The predicted octanol–water partition coefficient (Wildman–Crippen LogP) is 0.0981. The number of esters is 1. The van der Waals surface area contributed by atoms with Gasteiger partial charge in [-0.1, -0.05) is 0 Å². The zero-order valence-electron chi connectivity index (χ0n) is 7.47. The molecule has 0 aliphatic rings. The highest BCUT2D eigenvalue weighted by molar-refractivity contribution is 5.89. The van der Waals surface area contributed by atoms with E-state index in [4.69, 9.17) is 5.73 Å². The fraction of sp³-hybridized carbons (Fsp3) is 0.125. The van der Waals surface area contributed by atoms with Crippen LogP contribution in [0.1, 0.15) is 10.5 Å². The number of nitrogens with two attached hydrogens (primary N) is 1. The average molecular weight is 192 g/mol. The highest BCUT2D eigenvalue weighted by Gasteiger charge is 2.12. The van der Waals surface area contributed by atoms with E-state index >= 15 is 0 Å². The summed E-state index contributed by atoms with van der Waals surface area (Å²) in [4.78, 5) is 15.1. The van der Waals surface area contributed by atoms with Gasteiger partial charge in [0.1, 0.15) is 11.8 Å². The molecule has 0 aliphatic carbocycles. The predicted molar refractivity (Wildman–Crippen MR) is 48.7 cm³/mol. The molecule has 0 amide bonds. The topological polar surface area (TPSA) is 82.5 Å². The standard InChI is InChI=1S/C8H8N4O2/c1-14-8(13)6-3-2-5-7(9)10-4-11-12(5)6/h2-4H,1H3,(H2,9,10,11). The third kappa shape index (κ3) is 1.08. The lowest BCUT2D eigenvalue weighted by molar-refractivity contribution is 0.0591. The highest BCUT2D eigenvalue weighted by Crippen LogP contribution is 2.13. The molecule has 0 saturated carbocycles. The first-order valence-electron chi connectivity index (χ1n) is 3.90. The third-order valence-electron chi connectivity index (χ3n) is 1.88. The lowest BCUT2D eigenvalue weighted by Gasteiger charge is -1.99. The number of methoxy groups -OCH3 is 1. The average Bonchev–Trinajstić information content (AvgIpc) is 2.62. The molecule has 0 unspecified atom stereocenters. The van der Waals surface area contributed by atoms with Crippen molar-refractivity contribution in [3.05, 3.63) is 24.2 Å². The number of ether oxygens (including phenoxy) is 1. The molecular formula is C8H8N4O2. The highest BCUT2D eigenvalue weighted by atomic mass is 16.5. The van der Waals surface area contributed by atoms with Gasteiger partial charge in [0, 0.05) is 0 Å². The monoisotopic (exact) mass is 192 g/mol. The summed E-state index contributed by atoms with van der Waals surface area (Å²) in [6.07, 6.45) is 1.29. The van der Waals surface area contributed by atoms with Crippen molar-refractivity contribution in [3.8, 4) is 0 Å². The van der Waals surface area contributed by atoms with Gasteiger partial charge in [-0.15, -0.1) is 0 Å². The molecule has 0 aromatic carbocycles. The number of hydrogen-bond donors (Lipinski definition) is 1. The second-order valence-corrected chi connectivity index (χ2v) is 2.65. The van der Waals surface area contributed by atoms with Crippen molar-refractivity contribution in [1.82, 2.24) is 14.6 Å². The van der Waals surface area contributed by atoms with Crippen molar-refractivity contribution < 1.29 is 9.53 Å². The van der Waals surface area contributed by atoms with Crippen LogP contribution in [0.4, 0.5) is 5.82 Å². The Morgan fingerprint density at radius 1 is 1.57 bits per heavy atom. The van der Waals surface area contributed by atoms with E-state index in [1.165, 1.54) is 18.0 Å². The van der Waals surface area contributed by atoms with Gasteiger partial charge in [-0.3, -0.25) is 0 Å². The van der Waals surface area contributed by atoms with E-state index in [-0.39, 0.29) is 0 Å². The number of fused-ring (bicyclic) bond motifs is 1. The second kappa shape index (κ2) is 2.99. The minimum Gasteiger partial charge on any atom is -0.464 e. The van der Waals surface area contributed by atoms with Crippen LogP contribution in [0.15, 0.2) is 18.5 Å². The molecule has 2 heterocycles. The Balaban J connectivity index is 2.70. The minimum atomic E-state index is -0.455. The lowest BCUT2D eigenvalue weighted by Crippen LogP contribution is -2.08. The molecule has 0 fully saturated rings. The molecule has 0 atom stereocenters. The molecule has 14 heavy (non-hydrogen) atoms. The van der Waals surface area contributed by atoms with Crippen molar-refractivity contribution in [2.24, 2.45) is 0 Å². The van der Waals surface area contributed by atoms with Gasteiger partial charge in [0.05, 0.1) is 7.11 Å². The summed E-state index contributed by atoms with van der Waals surface area (Å²) in [6.45, 7) is 0. The summed E-state index contributed by atoms with van der Waals surface area (Å²) in [5, 5.41) is 3.90. The quantitative estimate of drug-likeness (QED) is 0.648. The Hall–Kier alpha value is -2.11. The van der Waals surface area contributed by atoms with Crippen LogP contribution in [-0.4, -0.2) is 27.7 Å². The summed E-state index contributed by atoms with van der Waals surface area (Å²) in [5.41, 5.74) is 6.51. The van der Waals surface area contributed by atoms with Crippen LogP contribution in [0.25, 0.3) is 5.52 Å². The van der Waals surface area contributed by atoms with Crippen LogP contribution in [0.5, 0.6) is 0 Å². The summed E-state index contributed by atoms with van der Waals surface area (Å²) < 4.78 is 5.98. The molecular weight excluding hydrogens is 184 g/mol. The maximum atomic E-state index is 11.3. The van der Waals surface area contributed by atoms with Crippen LogP contribution >= 0.6 is 0 Å². The Labute approximate surface area is 79.3 Å². The van der Waals surface area contributed by atoms with E-state index in [1.807, 2.05) is 0 Å². The maximum absolute atomic E-state index is 11.3. The molecule has 2 rings (SSSR count). The Morgan fingerprint density at radius 3 is 3.07 bits per heavy atom. The summed E-state index contributed by atoms with van der Waals surface area (Å²) in [6, 6.07) is 3.26. The Bertz CT molecular complexity index is 491. The molecule has 0 radical (unpaired) electrons. The first kappa shape index (κ1) is 8.49. The van der Waals surface area contributed by atoms with E-state index in [2.05, 4.69) is 14.8 Å². The molecule has 6 nitrogen and oxygen atoms in total. The third-order valence-corrected chi connectivity index (χ3v) is 1.88. The van der Waals surface area contributed by atoms with Crippen molar-refractivity contribution in [3.63, 3.8) is 0 Å². The normalized spacial score (nSPS) is 10.4. The summed E-state index contributed by atoms with van der Waals surface area (Å²) in [7, 11) is 1.31. The van der Waals surface area contributed by atoms with E-state index < -0.39 is 5.97 Å². The number of rotatable bonds is 1. The SMILES string of the molecule is COC(=O)c1ccc2c(N)ncnn12. The molecule has 0 spiro atoms. The van der Waals surface area contributed by atoms with Gasteiger partial charge in [0.15, 0.2) is 11.5 Å². The van der Waals surface area contributed by atoms with Crippen LogP contribution in [0, 0.1) is 0 Å². The van der Waals surface area contributed by atoms with Crippen molar-refractivity contribution in [2.75, 3.05) is 12.8 Å². The van der Waals surface area contributed by atoms with E-state index in [0.29, 0.717) is 17.0 Å². The number of hydrogen-bond acceptors (Lipinski definition) is 5. The molecule has 2 aromatic rings. The van der Waals surface area contributed by atoms with Crippen LogP contribution < -0.4 is 5.73 Å². The zero-order valence-corrected chi connectivity index (χ0v) is 7.47. The number of carbonyl (C=O) groups is 1. The van der Waals surface area contributed by atoms with Gasteiger partial charge < -0.3 is 10.5 Å². The number of nitrogen functional groups attached to an aromatic ring is 1. The van der Waals surface area contributed by atoms with Gasteiger partial charge in [-0.2, -0.15) is 5.10 Å². The largest absolute Gasteiger partial charge is 0.464 e. The fourth-order valence-corrected chi connectivity index (χ4v) is 1.21. The molecule has 2 aromatic heterocycles. The van der Waals surface area contributed by atoms with Gasteiger partial charge in [0.25, 0.3) is 0 Å². The van der Waals surface area contributed by atoms with Gasteiger partial charge in [0.2, 0.25) is 0 Å². The van der Waals surface area contributed by atoms with Gasteiger partial charge in [-0.25, -0.2) is 14.3 Å². The molecule has 6 heteroatoms. The van der Waals surface area contributed by atoms with E-state index in [0.717, 1.165) is 0 Å². The van der Waals surface area contributed by atoms with Crippen LogP contribution in [-0.2, 0) is 4.74 Å². The molecule has 72 valence electrons. The number of aromatic nitrogens is 3. The smallest absolute Gasteiger partial charge is 0.356 e. The fourth-order valence-electron chi connectivity index (χ4n) is 1.21. The Kier molecular flexibility index (Phi) is 1.81. The van der Waals surface area contributed by atoms with Crippen LogP contribution in [0.3, 0.4) is 0 Å². The van der Waals surface area contributed by atoms with Crippen LogP contribution in [0.2, 0.25) is 0 Å². The molecule has 0 bridgehead atoms. The van der Waals surface area contributed by atoms with Crippen molar-refractivity contribution in [1.29, 1.82) is 0 Å². The molecule has 0 saturated heterocycles. The van der Waals surface area contributed by atoms with Gasteiger partial charge >= 0.3 is 5.97 Å². The number of carbonyl (C=O) groups excluding carboxylic acids is 1. The van der Waals surface area contributed by atoms with E-state index in [1.54, 1.807) is 12.1 Å². The van der Waals surface area contributed by atoms with Crippen molar-refractivity contribution >= 4 is 17.3 Å². The first-order valence-corrected chi connectivity index (χ1v) is 3.90. The van der Waals surface area contributed by atoms with E-state index in [9.17, 15) is 4.79 Å². The lowest BCUT2D eigenvalue weighted by atomic mass is 10.4.